The van der Waals surface area contributed by atoms with Crippen molar-refractivity contribution in [2.24, 2.45) is 0 Å². The van der Waals surface area contributed by atoms with Gasteiger partial charge in [-0.3, -0.25) is 0 Å². The zero-order valence-electron chi connectivity index (χ0n) is 5.37. The standard InChI is InChI=1S/C6H9OSi2/c7-9(8)6-4-2-1-3-5-6/h1-5,9H,8H3. The summed E-state index contributed by atoms with van der Waals surface area (Å²) in [5.41, 5.74) is 0. The molecular formula is C6H9OSi2. The van der Waals surface area contributed by atoms with Crippen LogP contribution in [0.1, 0.15) is 0 Å². The van der Waals surface area contributed by atoms with E-state index in [9.17, 15) is 4.80 Å². The molecule has 1 radical (unpaired) electrons. The SMILES string of the molecule is [O][SiH]([SiH3])c1ccccc1. The molecule has 3 heteroatoms. The van der Waals surface area contributed by atoms with Gasteiger partial charge in [-0.15, -0.1) is 0 Å². The van der Waals surface area contributed by atoms with Gasteiger partial charge in [0.15, 0.2) is 0 Å². The first-order chi connectivity index (χ1) is 4.30. The van der Waals surface area contributed by atoms with Gasteiger partial charge < -0.3 is 4.80 Å². The highest BCUT2D eigenvalue weighted by Gasteiger charge is 2.01. The molecule has 47 valence electrons. The summed E-state index contributed by atoms with van der Waals surface area (Å²) in [4.78, 5) is 10.9. The lowest BCUT2D eigenvalue weighted by Crippen LogP contribution is -2.28. The maximum Gasteiger partial charge on any atom is 0.228 e. The van der Waals surface area contributed by atoms with Crippen LogP contribution >= 0.6 is 0 Å². The van der Waals surface area contributed by atoms with E-state index in [1.807, 2.05) is 30.3 Å². The molecule has 9 heavy (non-hydrogen) atoms. The van der Waals surface area contributed by atoms with E-state index in [1.54, 1.807) is 0 Å². The molecule has 0 amide bonds. The molecule has 0 aliphatic rings. The molecule has 1 atom stereocenters. The first-order valence-corrected chi connectivity index (χ1v) is 8.68. The van der Waals surface area contributed by atoms with Crippen molar-refractivity contribution in [3.63, 3.8) is 0 Å². The minimum atomic E-state index is -1.64. The zero-order chi connectivity index (χ0) is 6.69. The third-order valence-corrected chi connectivity index (χ3v) is 4.59. The third kappa shape index (κ3) is 1.78. The lowest BCUT2D eigenvalue weighted by atomic mass is 10.4. The fourth-order valence-electron chi connectivity index (χ4n) is 0.724. The number of benzene rings is 1. The molecule has 1 nitrogen and oxygen atoms in total. The van der Waals surface area contributed by atoms with Crippen LogP contribution in [0, 0.1) is 0 Å². The van der Waals surface area contributed by atoms with Gasteiger partial charge in [0.2, 0.25) is 8.56 Å². The molecule has 0 bridgehead atoms. The predicted molar refractivity (Wildman–Crippen MR) is 43.9 cm³/mol. The van der Waals surface area contributed by atoms with Crippen molar-refractivity contribution in [2.45, 2.75) is 0 Å². The highest BCUT2D eigenvalue weighted by molar-refractivity contribution is 7.06. The Balaban J connectivity index is 2.85. The Morgan fingerprint density at radius 3 is 2.11 bits per heavy atom. The van der Waals surface area contributed by atoms with Crippen LogP contribution in [0.4, 0.5) is 0 Å². The van der Waals surface area contributed by atoms with E-state index in [0.717, 1.165) is 14.9 Å². The Morgan fingerprint density at radius 2 is 1.78 bits per heavy atom. The van der Waals surface area contributed by atoms with Crippen LogP contribution in [0.2, 0.25) is 0 Å². The fraction of sp³-hybridized carbons (Fsp3) is 0. The van der Waals surface area contributed by atoms with Gasteiger partial charge >= 0.3 is 0 Å². The highest BCUT2D eigenvalue weighted by atomic mass is 29.2. The van der Waals surface area contributed by atoms with Crippen LogP contribution in [-0.4, -0.2) is 18.3 Å². The van der Waals surface area contributed by atoms with Crippen LogP contribution in [0.25, 0.3) is 0 Å². The first kappa shape index (κ1) is 6.73. The quantitative estimate of drug-likeness (QED) is 0.457. The minimum absolute atomic E-state index is 0.840. The van der Waals surface area contributed by atoms with Crippen molar-refractivity contribution in [2.75, 3.05) is 0 Å². The molecule has 0 saturated heterocycles. The summed E-state index contributed by atoms with van der Waals surface area (Å²) in [6.07, 6.45) is 0. The second-order valence-corrected chi connectivity index (χ2v) is 7.15. The van der Waals surface area contributed by atoms with Gasteiger partial charge in [0.05, 0.1) is 0 Å². The number of rotatable bonds is 1. The summed E-state index contributed by atoms with van der Waals surface area (Å²) in [7, 11) is -0.800. The van der Waals surface area contributed by atoms with Crippen molar-refractivity contribution in [1.82, 2.24) is 0 Å². The predicted octanol–water partition coefficient (Wildman–Crippen LogP) is -1.09. The fourth-order valence-corrected chi connectivity index (χ4v) is 2.64. The lowest BCUT2D eigenvalue weighted by Gasteiger charge is -1.96. The van der Waals surface area contributed by atoms with Crippen molar-refractivity contribution >= 4 is 23.5 Å². The average molecular weight is 153 g/mol. The van der Waals surface area contributed by atoms with E-state index < -0.39 is 8.56 Å². The Kier molecular flexibility index (Phi) is 2.21. The Hall–Kier alpha value is -0.386. The van der Waals surface area contributed by atoms with Crippen molar-refractivity contribution in [3.8, 4) is 0 Å². The molecule has 1 aromatic rings. The summed E-state index contributed by atoms with van der Waals surface area (Å²) in [6, 6.07) is 9.70. The zero-order valence-corrected chi connectivity index (χ0v) is 8.53. The smallest absolute Gasteiger partial charge is 0.228 e. The van der Waals surface area contributed by atoms with Crippen LogP contribution in [0.3, 0.4) is 0 Å². The molecule has 0 heterocycles. The van der Waals surface area contributed by atoms with E-state index in [-0.39, 0.29) is 0 Å². The van der Waals surface area contributed by atoms with Gasteiger partial charge in [0.25, 0.3) is 0 Å². The maximum atomic E-state index is 10.9. The summed E-state index contributed by atoms with van der Waals surface area (Å²) in [5, 5.41) is 1.06. The van der Waals surface area contributed by atoms with Crippen molar-refractivity contribution < 1.29 is 4.80 Å². The van der Waals surface area contributed by atoms with E-state index in [1.165, 1.54) is 0 Å². The lowest BCUT2D eigenvalue weighted by molar-refractivity contribution is 0.477. The summed E-state index contributed by atoms with van der Waals surface area (Å²) < 4.78 is 0. The molecule has 0 saturated carbocycles. The van der Waals surface area contributed by atoms with Gasteiger partial charge in [0, 0.05) is 9.76 Å². The molecular weight excluding hydrogens is 144 g/mol. The molecule has 0 aliphatic heterocycles. The second kappa shape index (κ2) is 2.96. The van der Waals surface area contributed by atoms with Crippen LogP contribution in [0.5, 0.6) is 0 Å². The molecule has 1 unspecified atom stereocenters. The van der Waals surface area contributed by atoms with Crippen LogP contribution in [0.15, 0.2) is 30.3 Å². The van der Waals surface area contributed by atoms with Gasteiger partial charge in [0.1, 0.15) is 0 Å². The van der Waals surface area contributed by atoms with Crippen molar-refractivity contribution in [1.29, 1.82) is 0 Å². The van der Waals surface area contributed by atoms with Gasteiger partial charge in [-0.1, -0.05) is 30.3 Å². The summed E-state index contributed by atoms with van der Waals surface area (Å²) in [6.45, 7) is 0. The second-order valence-electron chi connectivity index (χ2n) is 2.05. The molecule has 1 rings (SSSR count). The van der Waals surface area contributed by atoms with Gasteiger partial charge in [-0.25, -0.2) is 0 Å². The van der Waals surface area contributed by atoms with Crippen LogP contribution in [-0.2, 0) is 4.80 Å². The topological polar surface area (TPSA) is 19.9 Å². The Morgan fingerprint density at radius 1 is 1.22 bits per heavy atom. The normalized spacial score (nSPS) is 13.4. The largest absolute Gasteiger partial charge is 0.301 e. The Labute approximate surface area is 59.3 Å². The number of hydrogen-bond acceptors (Lipinski definition) is 0. The van der Waals surface area contributed by atoms with Gasteiger partial charge in [-0.2, -0.15) is 0 Å². The minimum Gasteiger partial charge on any atom is -0.301 e. The highest BCUT2D eigenvalue weighted by Crippen LogP contribution is 1.82. The van der Waals surface area contributed by atoms with E-state index in [2.05, 4.69) is 0 Å². The average Bonchev–Trinajstić information content (AvgIpc) is 1.90. The monoisotopic (exact) mass is 153 g/mol. The molecule has 0 fully saturated rings. The van der Waals surface area contributed by atoms with E-state index in [4.69, 9.17) is 0 Å². The molecule has 0 spiro atoms. The Bertz CT molecular complexity index is 174. The van der Waals surface area contributed by atoms with Crippen LogP contribution < -0.4 is 5.19 Å². The molecule has 0 aromatic heterocycles. The van der Waals surface area contributed by atoms with E-state index in [0.29, 0.717) is 0 Å². The van der Waals surface area contributed by atoms with Gasteiger partial charge in [-0.05, 0) is 5.19 Å². The summed E-state index contributed by atoms with van der Waals surface area (Å²) >= 11 is 0. The summed E-state index contributed by atoms with van der Waals surface area (Å²) in [5.74, 6) is 0. The molecule has 0 N–H and O–H groups in total. The number of hydrogen-bond donors (Lipinski definition) is 0. The third-order valence-electron chi connectivity index (χ3n) is 1.27. The molecule has 1 aromatic carbocycles. The first-order valence-electron chi connectivity index (χ1n) is 3.01. The molecule has 0 aliphatic carbocycles. The maximum absolute atomic E-state index is 10.9. The van der Waals surface area contributed by atoms with E-state index >= 15 is 0 Å². The van der Waals surface area contributed by atoms with Crippen molar-refractivity contribution in [3.05, 3.63) is 30.3 Å².